The lowest BCUT2D eigenvalue weighted by molar-refractivity contribution is 0.318. The molecule has 0 radical (unpaired) electrons. The van der Waals surface area contributed by atoms with Crippen molar-refractivity contribution in [3.63, 3.8) is 0 Å². The Morgan fingerprint density at radius 2 is 2.21 bits per heavy atom. The van der Waals surface area contributed by atoms with Crippen LogP contribution in [0.1, 0.15) is 18.9 Å². The lowest BCUT2D eigenvalue weighted by atomic mass is 10.1. The topological polar surface area (TPSA) is 117 Å². The molecule has 1 aromatic rings. The molecule has 0 amide bonds. The van der Waals surface area contributed by atoms with Crippen molar-refractivity contribution >= 4 is 33.3 Å². The number of amidine groups is 1. The predicted octanol–water partition coefficient (Wildman–Crippen LogP) is 1.09. The van der Waals surface area contributed by atoms with Crippen molar-refractivity contribution in [2.24, 2.45) is 10.9 Å². The van der Waals surface area contributed by atoms with E-state index in [0.717, 1.165) is 0 Å². The molecule has 106 valence electrons. The highest BCUT2D eigenvalue weighted by atomic mass is 35.5. The van der Waals surface area contributed by atoms with Crippen molar-refractivity contribution in [2.45, 2.75) is 13.3 Å². The summed E-state index contributed by atoms with van der Waals surface area (Å²) < 4.78 is 28.1. The normalized spacial score (nSPS) is 12.4. The molecule has 19 heavy (non-hydrogen) atoms. The van der Waals surface area contributed by atoms with Crippen LogP contribution in [-0.2, 0) is 10.2 Å². The zero-order valence-electron chi connectivity index (χ0n) is 10.2. The Morgan fingerprint density at radius 3 is 2.79 bits per heavy atom. The van der Waals surface area contributed by atoms with Crippen LogP contribution in [0.15, 0.2) is 23.4 Å². The van der Waals surface area contributed by atoms with Crippen LogP contribution in [0.4, 0.5) is 5.69 Å². The van der Waals surface area contributed by atoms with Crippen LogP contribution in [0.3, 0.4) is 0 Å². The first kappa shape index (κ1) is 15.5. The van der Waals surface area contributed by atoms with Crippen LogP contribution >= 0.6 is 11.6 Å². The van der Waals surface area contributed by atoms with Crippen molar-refractivity contribution in [3.8, 4) is 0 Å². The Hall–Kier alpha value is -1.51. The lowest BCUT2D eigenvalue weighted by Crippen LogP contribution is -2.31. The van der Waals surface area contributed by atoms with E-state index in [1.165, 1.54) is 18.2 Å². The molecule has 0 spiro atoms. The quantitative estimate of drug-likeness (QED) is 0.272. The molecule has 0 heterocycles. The highest BCUT2D eigenvalue weighted by molar-refractivity contribution is 7.90. The second kappa shape index (κ2) is 6.60. The van der Waals surface area contributed by atoms with E-state index in [9.17, 15) is 8.42 Å². The molecule has 5 N–H and O–H groups in total. The minimum atomic E-state index is -3.73. The number of nitrogens with two attached hydrogens (primary N) is 1. The minimum absolute atomic E-state index is 0.131. The first-order valence-corrected chi connectivity index (χ1v) is 7.30. The molecule has 0 saturated heterocycles. The van der Waals surface area contributed by atoms with Crippen LogP contribution in [0, 0.1) is 0 Å². The van der Waals surface area contributed by atoms with Gasteiger partial charge in [-0.3, -0.25) is 4.72 Å². The van der Waals surface area contributed by atoms with Crippen molar-refractivity contribution in [3.05, 3.63) is 28.8 Å². The van der Waals surface area contributed by atoms with E-state index in [4.69, 9.17) is 22.5 Å². The predicted molar refractivity (Wildman–Crippen MR) is 74.8 cm³/mol. The largest absolute Gasteiger partial charge is 0.409 e. The minimum Gasteiger partial charge on any atom is -0.409 e. The number of benzene rings is 1. The Morgan fingerprint density at radius 1 is 1.53 bits per heavy atom. The van der Waals surface area contributed by atoms with E-state index in [0.29, 0.717) is 18.0 Å². The molecule has 1 rings (SSSR count). The molecule has 0 bridgehead atoms. The number of halogens is 1. The van der Waals surface area contributed by atoms with Crippen molar-refractivity contribution in [2.75, 3.05) is 11.3 Å². The third-order valence-electron chi connectivity index (χ3n) is 2.15. The second-order valence-electron chi connectivity index (χ2n) is 3.67. The molecule has 1 aromatic carbocycles. The Kier molecular flexibility index (Phi) is 5.40. The maximum atomic E-state index is 11.7. The molecular weight excluding hydrogens is 292 g/mol. The van der Waals surface area contributed by atoms with E-state index in [-0.39, 0.29) is 17.1 Å². The van der Waals surface area contributed by atoms with E-state index in [1.807, 2.05) is 6.92 Å². The van der Waals surface area contributed by atoms with Gasteiger partial charge in [-0.25, -0.2) is 0 Å². The molecule has 0 aliphatic carbocycles. The van der Waals surface area contributed by atoms with Gasteiger partial charge >= 0.3 is 0 Å². The zero-order chi connectivity index (χ0) is 14.5. The summed E-state index contributed by atoms with van der Waals surface area (Å²) in [5, 5.41) is 11.8. The summed E-state index contributed by atoms with van der Waals surface area (Å²) in [5.41, 5.74) is 5.83. The number of nitrogens with zero attached hydrogens (tertiary/aromatic N) is 1. The number of hydrogen-bond acceptors (Lipinski definition) is 4. The maximum absolute atomic E-state index is 11.7. The zero-order valence-corrected chi connectivity index (χ0v) is 11.8. The monoisotopic (exact) mass is 306 g/mol. The summed E-state index contributed by atoms with van der Waals surface area (Å²) in [4.78, 5) is 0. The number of hydrogen-bond donors (Lipinski definition) is 4. The van der Waals surface area contributed by atoms with Crippen molar-refractivity contribution in [1.82, 2.24) is 4.72 Å². The van der Waals surface area contributed by atoms with E-state index in [2.05, 4.69) is 14.6 Å². The van der Waals surface area contributed by atoms with Crippen molar-refractivity contribution < 1.29 is 13.6 Å². The third-order valence-corrected chi connectivity index (χ3v) is 3.46. The molecule has 0 atom stereocenters. The molecule has 0 saturated carbocycles. The van der Waals surface area contributed by atoms with Gasteiger partial charge in [0.1, 0.15) is 0 Å². The Bertz CT molecular complexity index is 574. The lowest BCUT2D eigenvalue weighted by Gasteiger charge is -2.12. The van der Waals surface area contributed by atoms with Gasteiger partial charge in [0.05, 0.1) is 5.69 Å². The molecular formula is C10H15ClN4O3S. The molecule has 7 nitrogen and oxygen atoms in total. The van der Waals surface area contributed by atoms with Gasteiger partial charge in [-0.2, -0.15) is 13.1 Å². The van der Waals surface area contributed by atoms with E-state index >= 15 is 0 Å². The molecule has 0 aliphatic heterocycles. The SMILES string of the molecule is CCCNS(=O)(=O)Nc1cc(Cl)ccc1/C(N)=N/O. The second-order valence-corrected chi connectivity index (χ2v) is 5.61. The van der Waals surface area contributed by atoms with Crippen LogP contribution in [0.2, 0.25) is 5.02 Å². The van der Waals surface area contributed by atoms with E-state index in [1.54, 1.807) is 0 Å². The fourth-order valence-corrected chi connectivity index (χ4v) is 2.47. The average Bonchev–Trinajstić information content (AvgIpc) is 2.35. The molecule has 0 fully saturated rings. The van der Waals surface area contributed by atoms with Crippen LogP contribution in [0.5, 0.6) is 0 Å². The maximum Gasteiger partial charge on any atom is 0.299 e. The smallest absolute Gasteiger partial charge is 0.299 e. The Labute approximate surface area is 116 Å². The Balaban J connectivity index is 3.09. The van der Waals surface area contributed by atoms with Crippen molar-refractivity contribution in [1.29, 1.82) is 0 Å². The molecule has 0 aliphatic rings. The highest BCUT2D eigenvalue weighted by Crippen LogP contribution is 2.21. The first-order chi connectivity index (χ1) is 8.89. The molecule has 0 unspecified atom stereocenters. The first-order valence-electron chi connectivity index (χ1n) is 5.44. The van der Waals surface area contributed by atoms with Crippen LogP contribution < -0.4 is 15.2 Å². The fraction of sp³-hybridized carbons (Fsp3) is 0.300. The summed E-state index contributed by atoms with van der Waals surface area (Å²) in [6, 6.07) is 4.33. The van der Waals surface area contributed by atoms with Gasteiger partial charge in [0, 0.05) is 17.1 Å². The van der Waals surface area contributed by atoms with Gasteiger partial charge in [0.15, 0.2) is 5.84 Å². The number of rotatable bonds is 6. The fourth-order valence-electron chi connectivity index (χ4n) is 1.30. The number of anilines is 1. The third kappa shape index (κ3) is 4.58. The van der Waals surface area contributed by atoms with Gasteiger partial charge in [-0.05, 0) is 24.6 Å². The molecule has 9 heteroatoms. The van der Waals surface area contributed by atoms with Gasteiger partial charge < -0.3 is 10.9 Å². The highest BCUT2D eigenvalue weighted by Gasteiger charge is 2.14. The summed E-state index contributed by atoms with van der Waals surface area (Å²) in [5.74, 6) is -0.218. The number of nitrogens with one attached hydrogen (secondary N) is 2. The standard InChI is InChI=1S/C10H15ClN4O3S/c1-2-5-13-19(17,18)15-9-6-7(11)3-4-8(9)10(12)14-16/h3-4,6,13,15-16H,2,5H2,1H3,(H2,12,14). The summed E-state index contributed by atoms with van der Waals surface area (Å²) in [6.45, 7) is 2.14. The molecule has 0 aromatic heterocycles. The summed E-state index contributed by atoms with van der Waals surface area (Å²) in [6.07, 6.45) is 0.656. The van der Waals surface area contributed by atoms with Gasteiger partial charge in [-0.1, -0.05) is 23.7 Å². The van der Waals surface area contributed by atoms with Gasteiger partial charge in [0.2, 0.25) is 0 Å². The van der Waals surface area contributed by atoms with Gasteiger partial charge in [-0.15, -0.1) is 0 Å². The van der Waals surface area contributed by atoms with E-state index < -0.39 is 10.2 Å². The van der Waals surface area contributed by atoms with Crippen LogP contribution in [0.25, 0.3) is 0 Å². The average molecular weight is 307 g/mol. The number of oxime groups is 1. The van der Waals surface area contributed by atoms with Crippen LogP contribution in [-0.4, -0.2) is 26.0 Å². The summed E-state index contributed by atoms with van der Waals surface area (Å²) in [7, 11) is -3.73. The summed E-state index contributed by atoms with van der Waals surface area (Å²) >= 11 is 5.80. The van der Waals surface area contributed by atoms with Gasteiger partial charge in [0.25, 0.3) is 10.2 Å².